The van der Waals surface area contributed by atoms with Gasteiger partial charge in [0.1, 0.15) is 6.07 Å². The highest BCUT2D eigenvalue weighted by Gasteiger charge is 2.35. The van der Waals surface area contributed by atoms with Crippen LogP contribution in [-0.4, -0.2) is 23.0 Å². The maximum absolute atomic E-state index is 13.7. The SMILES string of the molecule is Cc1c(/C=C(\C#N)S(=O)(=O)c2nc3ccccc3[nH]2)cc(C(C)C)n1-c1ccccc1C(F)(F)F. The number of nitrogens with zero attached hydrogens (tertiary/aromatic N) is 3. The monoisotopic (exact) mass is 498 g/mol. The van der Waals surface area contributed by atoms with Crippen LogP contribution >= 0.6 is 0 Å². The Morgan fingerprint density at radius 3 is 2.43 bits per heavy atom. The lowest BCUT2D eigenvalue weighted by molar-refractivity contribution is -0.137. The van der Waals surface area contributed by atoms with E-state index in [1.54, 1.807) is 43.3 Å². The van der Waals surface area contributed by atoms with Gasteiger partial charge >= 0.3 is 6.18 Å². The summed E-state index contributed by atoms with van der Waals surface area (Å²) in [6.45, 7) is 5.24. The fourth-order valence-electron chi connectivity index (χ4n) is 3.92. The maximum atomic E-state index is 13.7. The number of halogens is 3. The molecular weight excluding hydrogens is 477 g/mol. The van der Waals surface area contributed by atoms with Crippen LogP contribution in [0.15, 0.2) is 64.7 Å². The topological polar surface area (TPSA) is 91.5 Å². The van der Waals surface area contributed by atoms with Gasteiger partial charge in [0.05, 0.1) is 22.3 Å². The maximum Gasteiger partial charge on any atom is 0.418 e. The molecule has 6 nitrogen and oxygen atoms in total. The van der Waals surface area contributed by atoms with Crippen LogP contribution in [0.4, 0.5) is 13.2 Å². The molecule has 2 aromatic carbocycles. The molecular formula is C25H21F3N4O2S. The Bertz CT molecular complexity index is 1570. The standard InChI is InChI=1S/C25H21F3N4O2S/c1-15(2)23-13-17(16(3)32(23)22-11-7-4-8-19(22)25(26,27)28)12-18(14-29)35(33,34)24-30-20-9-5-6-10-21(20)31-24/h4-13,15H,1-3H3,(H,30,31)/b18-12+. The van der Waals surface area contributed by atoms with E-state index >= 15 is 0 Å². The molecule has 0 atom stereocenters. The van der Waals surface area contributed by atoms with Crippen molar-refractivity contribution in [3.05, 3.63) is 82.0 Å². The normalized spacial score (nSPS) is 12.9. The smallest absolute Gasteiger partial charge is 0.328 e. The largest absolute Gasteiger partial charge is 0.418 e. The van der Waals surface area contributed by atoms with Gasteiger partial charge in [0.15, 0.2) is 4.91 Å². The van der Waals surface area contributed by atoms with Crippen LogP contribution in [0.1, 0.15) is 42.3 Å². The molecule has 0 saturated carbocycles. The van der Waals surface area contributed by atoms with Crippen LogP contribution in [0.25, 0.3) is 22.8 Å². The number of alkyl halides is 3. The average molecular weight is 499 g/mol. The number of sulfone groups is 1. The molecule has 4 aromatic rings. The molecule has 0 aliphatic rings. The van der Waals surface area contributed by atoms with Crippen LogP contribution in [0.3, 0.4) is 0 Å². The van der Waals surface area contributed by atoms with E-state index in [4.69, 9.17) is 0 Å². The molecule has 0 bridgehead atoms. The summed E-state index contributed by atoms with van der Waals surface area (Å²) in [6.07, 6.45) is -3.41. The zero-order valence-electron chi connectivity index (χ0n) is 19.1. The van der Waals surface area contributed by atoms with Crippen molar-refractivity contribution in [3.8, 4) is 11.8 Å². The Balaban J connectivity index is 1.90. The van der Waals surface area contributed by atoms with Gasteiger partial charge in [-0.05, 0) is 54.8 Å². The lowest BCUT2D eigenvalue weighted by atomic mass is 10.1. The summed E-state index contributed by atoms with van der Waals surface area (Å²) in [4.78, 5) is 6.23. The Morgan fingerprint density at radius 1 is 1.14 bits per heavy atom. The first-order valence-corrected chi connectivity index (χ1v) is 12.1. The predicted molar refractivity (Wildman–Crippen MR) is 126 cm³/mol. The molecule has 0 saturated heterocycles. The predicted octanol–water partition coefficient (Wildman–Crippen LogP) is 6.14. The van der Waals surface area contributed by atoms with Crippen LogP contribution < -0.4 is 0 Å². The fraction of sp³-hybridized carbons (Fsp3) is 0.200. The van der Waals surface area contributed by atoms with Crippen molar-refractivity contribution in [1.29, 1.82) is 5.26 Å². The third-order valence-corrected chi connectivity index (χ3v) is 7.16. The lowest BCUT2D eigenvalue weighted by Crippen LogP contribution is -2.13. The molecule has 0 aliphatic carbocycles. The summed E-state index contributed by atoms with van der Waals surface area (Å²) in [5.41, 5.74) is 1.28. The Kier molecular flexibility index (Phi) is 6.07. The number of aromatic amines is 1. The van der Waals surface area contributed by atoms with E-state index in [-0.39, 0.29) is 16.8 Å². The Labute approximate surface area is 200 Å². The Hall–Kier alpha value is -3.84. The van der Waals surface area contributed by atoms with Gasteiger partial charge < -0.3 is 9.55 Å². The van der Waals surface area contributed by atoms with E-state index in [0.29, 0.717) is 28.0 Å². The molecule has 2 heterocycles. The number of fused-ring (bicyclic) bond motifs is 1. The zero-order chi connectivity index (χ0) is 25.5. The molecule has 0 amide bonds. The summed E-state index contributed by atoms with van der Waals surface area (Å²) in [5, 5.41) is 9.33. The van der Waals surface area contributed by atoms with Crippen molar-refractivity contribution >= 4 is 26.9 Å². The summed E-state index contributed by atoms with van der Waals surface area (Å²) in [5.74, 6) is -0.186. The molecule has 4 rings (SSSR count). The molecule has 10 heteroatoms. The minimum atomic E-state index is -4.58. The number of allylic oxidation sites excluding steroid dienone is 1. The van der Waals surface area contributed by atoms with E-state index < -0.39 is 26.5 Å². The highest BCUT2D eigenvalue weighted by molar-refractivity contribution is 7.95. The van der Waals surface area contributed by atoms with E-state index in [1.165, 1.54) is 28.8 Å². The van der Waals surface area contributed by atoms with Crippen molar-refractivity contribution in [1.82, 2.24) is 14.5 Å². The Morgan fingerprint density at radius 2 is 1.80 bits per heavy atom. The van der Waals surface area contributed by atoms with Crippen LogP contribution in [-0.2, 0) is 16.0 Å². The number of nitriles is 1. The highest BCUT2D eigenvalue weighted by Crippen LogP contribution is 2.37. The second kappa shape index (κ2) is 8.74. The van der Waals surface area contributed by atoms with Gasteiger partial charge in [0.25, 0.3) is 0 Å². The molecule has 0 spiro atoms. The van der Waals surface area contributed by atoms with Crippen molar-refractivity contribution in [2.24, 2.45) is 0 Å². The average Bonchev–Trinajstić information content (AvgIpc) is 3.38. The molecule has 1 N–H and O–H groups in total. The van der Waals surface area contributed by atoms with E-state index in [1.807, 2.05) is 13.8 Å². The van der Waals surface area contributed by atoms with Crippen molar-refractivity contribution in [2.75, 3.05) is 0 Å². The van der Waals surface area contributed by atoms with E-state index in [9.17, 15) is 26.9 Å². The second-order valence-electron chi connectivity index (χ2n) is 8.30. The first kappa shape index (κ1) is 24.3. The number of benzene rings is 2. The van der Waals surface area contributed by atoms with E-state index in [0.717, 1.165) is 6.07 Å². The van der Waals surface area contributed by atoms with Crippen LogP contribution in [0, 0.1) is 18.3 Å². The lowest BCUT2D eigenvalue weighted by Gasteiger charge is -2.19. The third kappa shape index (κ3) is 4.35. The number of imidazole rings is 1. The minimum Gasteiger partial charge on any atom is -0.328 e. The number of hydrogen-bond acceptors (Lipinski definition) is 4. The second-order valence-corrected chi connectivity index (χ2v) is 10.1. The molecule has 0 radical (unpaired) electrons. The van der Waals surface area contributed by atoms with Crippen molar-refractivity contribution in [3.63, 3.8) is 0 Å². The van der Waals surface area contributed by atoms with Gasteiger partial charge in [-0.3, -0.25) is 0 Å². The number of nitrogens with one attached hydrogen (secondary N) is 1. The quantitative estimate of drug-likeness (QED) is 0.335. The molecule has 180 valence electrons. The van der Waals surface area contributed by atoms with Gasteiger partial charge in [0, 0.05) is 11.4 Å². The van der Waals surface area contributed by atoms with Crippen molar-refractivity contribution in [2.45, 2.75) is 38.0 Å². The molecule has 0 aliphatic heterocycles. The summed E-state index contributed by atoms with van der Waals surface area (Å²) >= 11 is 0. The van der Waals surface area contributed by atoms with Gasteiger partial charge in [-0.15, -0.1) is 0 Å². The molecule has 0 unspecified atom stereocenters. The van der Waals surface area contributed by atoms with Crippen LogP contribution in [0.2, 0.25) is 0 Å². The molecule has 35 heavy (non-hydrogen) atoms. The number of H-pyrrole nitrogens is 1. The first-order valence-electron chi connectivity index (χ1n) is 10.7. The fourth-order valence-corrected chi connectivity index (χ4v) is 5.00. The highest BCUT2D eigenvalue weighted by atomic mass is 32.2. The van der Waals surface area contributed by atoms with Gasteiger partial charge in [0.2, 0.25) is 15.0 Å². The number of hydrogen-bond donors (Lipinski definition) is 1. The van der Waals surface area contributed by atoms with Gasteiger partial charge in [-0.25, -0.2) is 13.4 Å². The summed E-state index contributed by atoms with van der Waals surface area (Å²) in [6, 6.07) is 15.2. The first-order chi connectivity index (χ1) is 16.4. The van der Waals surface area contributed by atoms with Crippen molar-refractivity contribution < 1.29 is 21.6 Å². The van der Waals surface area contributed by atoms with Gasteiger partial charge in [-0.1, -0.05) is 38.1 Å². The van der Waals surface area contributed by atoms with Crippen LogP contribution in [0.5, 0.6) is 0 Å². The zero-order valence-corrected chi connectivity index (χ0v) is 19.9. The third-order valence-electron chi connectivity index (χ3n) is 5.67. The minimum absolute atomic E-state index is 0.0699. The number of rotatable bonds is 5. The molecule has 2 aromatic heterocycles. The summed E-state index contributed by atoms with van der Waals surface area (Å²) < 4.78 is 69.1. The van der Waals surface area contributed by atoms with Gasteiger partial charge in [-0.2, -0.15) is 18.4 Å². The number of para-hydroxylation sites is 3. The van der Waals surface area contributed by atoms with E-state index in [2.05, 4.69) is 9.97 Å². The number of aromatic nitrogens is 3. The molecule has 0 fully saturated rings. The summed E-state index contributed by atoms with van der Waals surface area (Å²) in [7, 11) is -4.30.